The van der Waals surface area contributed by atoms with Gasteiger partial charge in [0, 0.05) is 13.1 Å². The van der Waals surface area contributed by atoms with Crippen LogP contribution in [0.25, 0.3) is 0 Å². The summed E-state index contributed by atoms with van der Waals surface area (Å²) >= 11 is 0. The van der Waals surface area contributed by atoms with Crippen LogP contribution in [-0.2, 0) is 0 Å². The van der Waals surface area contributed by atoms with Crippen molar-refractivity contribution in [3.05, 3.63) is 17.8 Å². The fourth-order valence-corrected chi connectivity index (χ4v) is 2.32. The SMILES string of the molecule is NC(=O)c1ccc(N)c(N(CC2CC2)CC2CC2)n1. The Labute approximate surface area is 113 Å². The van der Waals surface area contributed by atoms with E-state index in [4.69, 9.17) is 11.5 Å². The highest BCUT2D eigenvalue weighted by atomic mass is 16.1. The summed E-state index contributed by atoms with van der Waals surface area (Å²) in [5.74, 6) is 1.75. The number of nitrogens with zero attached hydrogens (tertiary/aromatic N) is 2. The molecular weight excluding hydrogens is 240 g/mol. The molecule has 3 rings (SSSR count). The van der Waals surface area contributed by atoms with Crippen LogP contribution in [0.3, 0.4) is 0 Å². The Kier molecular flexibility index (Phi) is 3.05. The Morgan fingerprint density at radius 2 is 1.79 bits per heavy atom. The summed E-state index contributed by atoms with van der Waals surface area (Å²) in [6.45, 7) is 1.99. The Hall–Kier alpha value is -1.78. The second-order valence-electron chi connectivity index (χ2n) is 5.77. The summed E-state index contributed by atoms with van der Waals surface area (Å²) in [4.78, 5) is 17.9. The van der Waals surface area contributed by atoms with Gasteiger partial charge in [0.1, 0.15) is 5.69 Å². The average Bonchev–Trinajstić information content (AvgIpc) is 3.23. The lowest BCUT2D eigenvalue weighted by molar-refractivity contribution is 0.0995. The van der Waals surface area contributed by atoms with Crippen LogP contribution in [0.15, 0.2) is 12.1 Å². The number of aromatic nitrogens is 1. The van der Waals surface area contributed by atoms with Crippen LogP contribution < -0.4 is 16.4 Å². The number of primary amides is 1. The average molecular weight is 260 g/mol. The summed E-state index contributed by atoms with van der Waals surface area (Å²) in [5, 5.41) is 0. The van der Waals surface area contributed by atoms with E-state index in [1.807, 2.05) is 0 Å². The molecule has 1 aromatic rings. The van der Waals surface area contributed by atoms with Crippen molar-refractivity contribution < 1.29 is 4.79 Å². The normalized spacial score (nSPS) is 18.3. The van der Waals surface area contributed by atoms with Gasteiger partial charge in [-0.05, 0) is 49.7 Å². The van der Waals surface area contributed by atoms with Gasteiger partial charge in [-0.3, -0.25) is 4.79 Å². The zero-order chi connectivity index (χ0) is 13.4. The van der Waals surface area contributed by atoms with E-state index in [1.54, 1.807) is 12.1 Å². The van der Waals surface area contributed by atoms with E-state index >= 15 is 0 Å². The van der Waals surface area contributed by atoms with Crippen molar-refractivity contribution in [2.24, 2.45) is 17.6 Å². The molecule has 0 aliphatic heterocycles. The van der Waals surface area contributed by atoms with E-state index in [0.29, 0.717) is 11.4 Å². The molecule has 2 aliphatic rings. The van der Waals surface area contributed by atoms with Crippen LogP contribution in [0, 0.1) is 11.8 Å². The Morgan fingerprint density at radius 1 is 1.21 bits per heavy atom. The molecule has 0 spiro atoms. The molecule has 0 radical (unpaired) electrons. The molecule has 102 valence electrons. The Bertz CT molecular complexity index is 480. The molecule has 1 heterocycles. The van der Waals surface area contributed by atoms with Gasteiger partial charge in [-0.1, -0.05) is 0 Å². The first-order valence-corrected chi connectivity index (χ1v) is 6.94. The van der Waals surface area contributed by atoms with Crippen molar-refractivity contribution in [3.63, 3.8) is 0 Å². The monoisotopic (exact) mass is 260 g/mol. The van der Waals surface area contributed by atoms with Gasteiger partial charge in [-0.25, -0.2) is 4.98 Å². The largest absolute Gasteiger partial charge is 0.396 e. The fraction of sp³-hybridized carbons (Fsp3) is 0.571. The number of carbonyl (C=O) groups excluding carboxylic acids is 1. The standard InChI is InChI=1S/C14H20N4O/c15-11-5-6-12(13(16)19)17-14(11)18(7-9-1-2-9)8-10-3-4-10/h5-6,9-10H,1-4,7-8,15H2,(H2,16,19). The number of anilines is 2. The molecule has 4 N–H and O–H groups in total. The maximum atomic E-state index is 11.3. The third-order valence-corrected chi connectivity index (χ3v) is 3.81. The predicted molar refractivity (Wildman–Crippen MR) is 74.8 cm³/mol. The van der Waals surface area contributed by atoms with Crippen molar-refractivity contribution in [2.75, 3.05) is 23.7 Å². The van der Waals surface area contributed by atoms with Crippen LogP contribution in [0.5, 0.6) is 0 Å². The first-order chi connectivity index (χ1) is 9.13. The number of nitrogens with two attached hydrogens (primary N) is 2. The molecule has 2 saturated carbocycles. The van der Waals surface area contributed by atoms with E-state index in [2.05, 4.69) is 9.88 Å². The molecule has 1 aromatic heterocycles. The molecule has 2 aliphatic carbocycles. The van der Waals surface area contributed by atoms with Crippen LogP contribution in [-0.4, -0.2) is 24.0 Å². The third-order valence-electron chi connectivity index (χ3n) is 3.81. The maximum absolute atomic E-state index is 11.3. The van der Waals surface area contributed by atoms with Crippen molar-refractivity contribution >= 4 is 17.4 Å². The van der Waals surface area contributed by atoms with Crippen LogP contribution in [0.4, 0.5) is 11.5 Å². The Morgan fingerprint density at radius 3 is 2.26 bits per heavy atom. The quantitative estimate of drug-likeness (QED) is 0.809. The van der Waals surface area contributed by atoms with Gasteiger partial charge in [0.05, 0.1) is 5.69 Å². The summed E-state index contributed by atoms with van der Waals surface area (Å²) in [5.41, 5.74) is 12.2. The molecule has 19 heavy (non-hydrogen) atoms. The zero-order valence-corrected chi connectivity index (χ0v) is 11.0. The minimum Gasteiger partial charge on any atom is -0.396 e. The smallest absolute Gasteiger partial charge is 0.267 e. The highest BCUT2D eigenvalue weighted by Crippen LogP contribution is 2.36. The van der Waals surface area contributed by atoms with E-state index in [9.17, 15) is 4.79 Å². The molecule has 1 amide bonds. The topological polar surface area (TPSA) is 85.2 Å². The zero-order valence-electron chi connectivity index (χ0n) is 11.0. The van der Waals surface area contributed by atoms with E-state index in [0.717, 1.165) is 30.7 Å². The Balaban J connectivity index is 1.85. The highest BCUT2D eigenvalue weighted by molar-refractivity contribution is 5.91. The number of pyridine rings is 1. The van der Waals surface area contributed by atoms with Gasteiger partial charge >= 0.3 is 0 Å². The molecule has 0 unspecified atom stereocenters. The number of nitrogen functional groups attached to an aromatic ring is 1. The lowest BCUT2D eigenvalue weighted by Crippen LogP contribution is -2.30. The second kappa shape index (κ2) is 4.72. The van der Waals surface area contributed by atoms with Crippen LogP contribution >= 0.6 is 0 Å². The van der Waals surface area contributed by atoms with Crippen LogP contribution in [0.2, 0.25) is 0 Å². The third kappa shape index (κ3) is 2.97. The van der Waals surface area contributed by atoms with Crippen molar-refractivity contribution in [1.29, 1.82) is 0 Å². The first kappa shape index (κ1) is 12.3. The fourth-order valence-electron chi connectivity index (χ4n) is 2.32. The predicted octanol–water partition coefficient (Wildman–Crippen LogP) is 1.39. The number of carbonyl (C=O) groups is 1. The van der Waals surface area contributed by atoms with E-state index in [-0.39, 0.29) is 0 Å². The van der Waals surface area contributed by atoms with Crippen molar-refractivity contribution in [1.82, 2.24) is 4.98 Å². The molecule has 0 aromatic carbocycles. The van der Waals surface area contributed by atoms with Gasteiger partial charge in [-0.2, -0.15) is 0 Å². The maximum Gasteiger partial charge on any atom is 0.267 e. The number of rotatable bonds is 6. The molecule has 5 nitrogen and oxygen atoms in total. The van der Waals surface area contributed by atoms with Crippen molar-refractivity contribution in [3.8, 4) is 0 Å². The molecule has 0 atom stereocenters. The number of hydrogen-bond donors (Lipinski definition) is 2. The highest BCUT2D eigenvalue weighted by Gasteiger charge is 2.30. The molecular formula is C14H20N4O. The van der Waals surface area contributed by atoms with Gasteiger partial charge < -0.3 is 16.4 Å². The summed E-state index contributed by atoms with van der Waals surface area (Å²) in [6, 6.07) is 3.32. The lowest BCUT2D eigenvalue weighted by atomic mass is 10.2. The van der Waals surface area contributed by atoms with Crippen LogP contribution in [0.1, 0.15) is 36.2 Å². The summed E-state index contributed by atoms with van der Waals surface area (Å²) < 4.78 is 0. The first-order valence-electron chi connectivity index (χ1n) is 6.94. The van der Waals surface area contributed by atoms with E-state index in [1.165, 1.54) is 25.7 Å². The second-order valence-corrected chi connectivity index (χ2v) is 5.77. The van der Waals surface area contributed by atoms with Gasteiger partial charge in [0.2, 0.25) is 0 Å². The molecule has 0 saturated heterocycles. The van der Waals surface area contributed by atoms with Crippen molar-refractivity contribution in [2.45, 2.75) is 25.7 Å². The van der Waals surface area contributed by atoms with Gasteiger partial charge in [0.15, 0.2) is 5.82 Å². The van der Waals surface area contributed by atoms with E-state index < -0.39 is 5.91 Å². The summed E-state index contributed by atoms with van der Waals surface area (Å²) in [7, 11) is 0. The minimum atomic E-state index is -0.501. The number of hydrogen-bond acceptors (Lipinski definition) is 4. The minimum absolute atomic E-state index is 0.292. The number of amides is 1. The lowest BCUT2D eigenvalue weighted by Gasteiger charge is -2.25. The van der Waals surface area contributed by atoms with Gasteiger partial charge in [-0.15, -0.1) is 0 Å². The summed E-state index contributed by atoms with van der Waals surface area (Å²) in [6.07, 6.45) is 5.15. The molecule has 5 heteroatoms. The molecule has 0 bridgehead atoms. The molecule has 2 fully saturated rings. The van der Waals surface area contributed by atoms with Gasteiger partial charge in [0.25, 0.3) is 5.91 Å².